The van der Waals surface area contributed by atoms with Crippen LogP contribution in [0.3, 0.4) is 0 Å². The highest BCUT2D eigenvalue weighted by Crippen LogP contribution is 2.24. The van der Waals surface area contributed by atoms with Crippen molar-refractivity contribution in [2.45, 2.75) is 19.9 Å². The first-order valence-electron chi connectivity index (χ1n) is 4.53. The van der Waals surface area contributed by atoms with Crippen LogP contribution in [0.2, 0.25) is 0 Å². The number of aryl methyl sites for hydroxylation is 1. The molecule has 1 unspecified atom stereocenters. The van der Waals surface area contributed by atoms with Gasteiger partial charge in [-0.05, 0) is 24.3 Å². The molecule has 1 N–H and O–H groups in total. The number of aliphatic carboxylic acids is 1. The summed E-state index contributed by atoms with van der Waals surface area (Å²) >= 11 is 1.42. The lowest BCUT2D eigenvalue weighted by Crippen LogP contribution is -2.17. The third kappa shape index (κ3) is 1.78. The summed E-state index contributed by atoms with van der Waals surface area (Å²) in [5.74, 6) is -0.546. The number of nitrogens with zero attached hydrogens (tertiary/aromatic N) is 5. The Morgan fingerprint density at radius 1 is 1.62 bits per heavy atom. The van der Waals surface area contributed by atoms with Gasteiger partial charge in [-0.2, -0.15) is 0 Å². The topological polar surface area (TPSA) is 93.8 Å². The van der Waals surface area contributed by atoms with Crippen LogP contribution in [0.5, 0.6) is 0 Å². The standard InChI is InChI=1S/C8H9N5O2S/c1-4(8(14)15)13-7(10-11-12-13)6-3-9-5(2)16-6/h3-4H,1-2H3,(H,14,15). The molecule has 0 aromatic carbocycles. The molecular weight excluding hydrogens is 230 g/mol. The fourth-order valence-corrected chi connectivity index (χ4v) is 1.94. The Bertz CT molecular complexity index is 520. The number of hydrogen-bond acceptors (Lipinski definition) is 6. The van der Waals surface area contributed by atoms with Crippen molar-refractivity contribution in [3.8, 4) is 10.7 Å². The van der Waals surface area contributed by atoms with Gasteiger partial charge in [0.25, 0.3) is 0 Å². The van der Waals surface area contributed by atoms with E-state index in [4.69, 9.17) is 5.11 Å². The largest absolute Gasteiger partial charge is 0.480 e. The van der Waals surface area contributed by atoms with Crippen LogP contribution in [0.15, 0.2) is 6.20 Å². The molecule has 0 aliphatic heterocycles. The van der Waals surface area contributed by atoms with Crippen LogP contribution in [0.4, 0.5) is 0 Å². The van der Waals surface area contributed by atoms with E-state index < -0.39 is 12.0 Å². The summed E-state index contributed by atoms with van der Waals surface area (Å²) in [6, 6.07) is -0.799. The van der Waals surface area contributed by atoms with E-state index in [9.17, 15) is 4.79 Å². The Kier molecular flexibility index (Phi) is 2.65. The number of carboxylic acid groups (broad SMARTS) is 1. The summed E-state index contributed by atoms with van der Waals surface area (Å²) < 4.78 is 1.27. The van der Waals surface area contributed by atoms with Gasteiger partial charge in [-0.25, -0.2) is 14.5 Å². The molecule has 2 rings (SSSR count). The molecule has 8 heteroatoms. The van der Waals surface area contributed by atoms with Gasteiger partial charge in [0.05, 0.1) is 9.88 Å². The van der Waals surface area contributed by atoms with E-state index in [0.29, 0.717) is 5.82 Å². The van der Waals surface area contributed by atoms with Crippen LogP contribution in [-0.4, -0.2) is 36.3 Å². The smallest absolute Gasteiger partial charge is 0.328 e. The fraction of sp³-hybridized carbons (Fsp3) is 0.375. The minimum Gasteiger partial charge on any atom is -0.480 e. The van der Waals surface area contributed by atoms with Crippen molar-refractivity contribution in [3.05, 3.63) is 11.2 Å². The van der Waals surface area contributed by atoms with Crippen molar-refractivity contribution in [1.82, 2.24) is 25.2 Å². The number of rotatable bonds is 3. The summed E-state index contributed by atoms with van der Waals surface area (Å²) in [5.41, 5.74) is 0. The first-order valence-corrected chi connectivity index (χ1v) is 5.34. The zero-order valence-corrected chi connectivity index (χ0v) is 9.47. The molecule has 0 amide bonds. The molecule has 1 atom stereocenters. The highest BCUT2D eigenvalue weighted by Gasteiger charge is 2.21. The fourth-order valence-electron chi connectivity index (χ4n) is 1.19. The van der Waals surface area contributed by atoms with Gasteiger partial charge in [0.15, 0.2) is 11.9 Å². The Labute approximate surface area is 94.7 Å². The molecule has 0 saturated carbocycles. The number of carbonyl (C=O) groups is 1. The van der Waals surface area contributed by atoms with Crippen molar-refractivity contribution < 1.29 is 9.90 Å². The Balaban J connectivity index is 2.43. The Morgan fingerprint density at radius 3 is 2.94 bits per heavy atom. The maximum absolute atomic E-state index is 10.9. The quantitative estimate of drug-likeness (QED) is 0.849. The van der Waals surface area contributed by atoms with Gasteiger partial charge in [-0.3, -0.25) is 0 Å². The normalized spacial score (nSPS) is 12.6. The Hall–Kier alpha value is -1.83. The predicted molar refractivity (Wildman–Crippen MR) is 56.0 cm³/mol. The van der Waals surface area contributed by atoms with Crippen molar-refractivity contribution in [2.75, 3.05) is 0 Å². The van der Waals surface area contributed by atoms with Crippen LogP contribution in [0.1, 0.15) is 18.0 Å². The van der Waals surface area contributed by atoms with E-state index >= 15 is 0 Å². The number of carboxylic acids is 1. The molecule has 2 aromatic heterocycles. The lowest BCUT2D eigenvalue weighted by Gasteiger charge is -2.06. The van der Waals surface area contributed by atoms with Gasteiger partial charge in [0, 0.05) is 6.20 Å². The van der Waals surface area contributed by atoms with Crippen molar-refractivity contribution >= 4 is 17.3 Å². The molecule has 0 aliphatic carbocycles. The van der Waals surface area contributed by atoms with Crippen LogP contribution >= 0.6 is 11.3 Å². The molecular formula is C8H9N5O2S. The number of tetrazole rings is 1. The molecule has 0 saturated heterocycles. The number of thiazole rings is 1. The van der Waals surface area contributed by atoms with E-state index in [1.807, 2.05) is 6.92 Å². The zero-order valence-electron chi connectivity index (χ0n) is 8.65. The van der Waals surface area contributed by atoms with Gasteiger partial charge < -0.3 is 5.11 Å². The van der Waals surface area contributed by atoms with Crippen LogP contribution in [0, 0.1) is 6.92 Å². The van der Waals surface area contributed by atoms with Gasteiger partial charge in [-0.1, -0.05) is 0 Å². The predicted octanol–water partition coefficient (Wildman–Crippen LogP) is 0.751. The van der Waals surface area contributed by atoms with Gasteiger partial charge in [0.2, 0.25) is 0 Å². The summed E-state index contributed by atoms with van der Waals surface area (Å²) in [5, 5.41) is 20.8. The SMILES string of the molecule is Cc1ncc(-c2nnnn2C(C)C(=O)O)s1. The molecule has 16 heavy (non-hydrogen) atoms. The van der Waals surface area contributed by atoms with E-state index in [2.05, 4.69) is 20.5 Å². The number of hydrogen-bond donors (Lipinski definition) is 1. The van der Waals surface area contributed by atoms with E-state index in [1.165, 1.54) is 22.9 Å². The molecule has 2 heterocycles. The molecule has 84 valence electrons. The van der Waals surface area contributed by atoms with Crippen molar-refractivity contribution in [1.29, 1.82) is 0 Å². The van der Waals surface area contributed by atoms with Gasteiger partial charge in [-0.15, -0.1) is 16.4 Å². The minimum atomic E-state index is -0.977. The number of aromatic nitrogens is 5. The van der Waals surface area contributed by atoms with Gasteiger partial charge >= 0.3 is 5.97 Å². The monoisotopic (exact) mass is 239 g/mol. The maximum atomic E-state index is 10.9. The zero-order chi connectivity index (χ0) is 11.7. The van der Waals surface area contributed by atoms with Crippen LogP contribution < -0.4 is 0 Å². The lowest BCUT2D eigenvalue weighted by atomic mass is 10.3. The van der Waals surface area contributed by atoms with Crippen LogP contribution in [-0.2, 0) is 4.79 Å². The summed E-state index contributed by atoms with van der Waals surface area (Å²) in [6.07, 6.45) is 1.64. The second kappa shape index (κ2) is 3.97. The first kappa shape index (κ1) is 10.7. The van der Waals surface area contributed by atoms with E-state index in [1.54, 1.807) is 6.20 Å². The average molecular weight is 239 g/mol. The van der Waals surface area contributed by atoms with Crippen LogP contribution in [0.25, 0.3) is 10.7 Å². The molecule has 0 aliphatic rings. The summed E-state index contributed by atoms with van der Waals surface area (Å²) in [6.45, 7) is 3.39. The highest BCUT2D eigenvalue weighted by atomic mass is 32.1. The molecule has 2 aromatic rings. The molecule has 0 spiro atoms. The highest BCUT2D eigenvalue weighted by molar-refractivity contribution is 7.14. The molecule has 7 nitrogen and oxygen atoms in total. The average Bonchev–Trinajstić information content (AvgIpc) is 2.83. The van der Waals surface area contributed by atoms with Gasteiger partial charge in [0.1, 0.15) is 0 Å². The summed E-state index contributed by atoms with van der Waals surface area (Å²) in [4.78, 5) is 15.7. The molecule has 0 bridgehead atoms. The summed E-state index contributed by atoms with van der Waals surface area (Å²) in [7, 11) is 0. The second-order valence-corrected chi connectivity index (χ2v) is 4.44. The molecule has 0 fully saturated rings. The lowest BCUT2D eigenvalue weighted by molar-refractivity contribution is -0.140. The van der Waals surface area contributed by atoms with Crippen molar-refractivity contribution in [2.24, 2.45) is 0 Å². The maximum Gasteiger partial charge on any atom is 0.328 e. The minimum absolute atomic E-state index is 0.431. The third-order valence-corrected chi connectivity index (χ3v) is 2.97. The third-order valence-electron chi connectivity index (χ3n) is 2.06. The van der Waals surface area contributed by atoms with E-state index in [-0.39, 0.29) is 0 Å². The first-order chi connectivity index (χ1) is 7.59. The Morgan fingerprint density at radius 2 is 2.38 bits per heavy atom. The second-order valence-electron chi connectivity index (χ2n) is 3.20. The van der Waals surface area contributed by atoms with E-state index in [0.717, 1.165) is 9.88 Å². The van der Waals surface area contributed by atoms with Crippen molar-refractivity contribution in [3.63, 3.8) is 0 Å². The molecule has 0 radical (unpaired) electrons.